The van der Waals surface area contributed by atoms with Gasteiger partial charge in [-0.3, -0.25) is 4.79 Å². The zero-order valence-corrected chi connectivity index (χ0v) is 21.9. The number of rotatable bonds is 9. The van der Waals surface area contributed by atoms with Crippen molar-refractivity contribution in [2.75, 3.05) is 26.3 Å². The Balaban J connectivity index is 1.47. The van der Waals surface area contributed by atoms with Gasteiger partial charge < -0.3 is 31.6 Å². The molecule has 1 heterocycles. The predicted molar refractivity (Wildman–Crippen MR) is 144 cm³/mol. The van der Waals surface area contributed by atoms with E-state index in [1.807, 2.05) is 36.4 Å². The first kappa shape index (κ1) is 27.6. The highest BCUT2D eigenvalue weighted by atomic mass is 16.5. The van der Waals surface area contributed by atoms with Crippen molar-refractivity contribution in [1.29, 1.82) is 0 Å². The molecule has 0 saturated carbocycles. The van der Waals surface area contributed by atoms with Crippen LogP contribution in [0.1, 0.15) is 49.7 Å². The fraction of sp³-hybridized carbons (Fsp3) is 0.483. The van der Waals surface area contributed by atoms with Crippen LogP contribution in [-0.4, -0.2) is 56.4 Å². The molecule has 1 aliphatic carbocycles. The van der Waals surface area contributed by atoms with Crippen LogP contribution in [-0.2, 0) is 19.1 Å². The summed E-state index contributed by atoms with van der Waals surface area (Å²) in [5.74, 6) is -1.39. The van der Waals surface area contributed by atoms with E-state index >= 15 is 0 Å². The summed E-state index contributed by atoms with van der Waals surface area (Å²) in [4.78, 5) is 39.1. The molecular weight excluding hydrogens is 484 g/mol. The summed E-state index contributed by atoms with van der Waals surface area (Å²) >= 11 is 0. The molecule has 9 nitrogen and oxygen atoms in total. The van der Waals surface area contributed by atoms with E-state index in [2.05, 4.69) is 22.8 Å². The van der Waals surface area contributed by atoms with Crippen molar-refractivity contribution in [3.05, 3.63) is 59.7 Å². The van der Waals surface area contributed by atoms with Crippen LogP contribution in [0.5, 0.6) is 0 Å². The van der Waals surface area contributed by atoms with Crippen LogP contribution >= 0.6 is 0 Å². The third-order valence-electron chi connectivity index (χ3n) is 7.66. The van der Waals surface area contributed by atoms with Crippen molar-refractivity contribution in [2.45, 2.75) is 50.6 Å². The Hall–Kier alpha value is -3.43. The van der Waals surface area contributed by atoms with E-state index in [1.54, 1.807) is 6.92 Å². The predicted octanol–water partition coefficient (Wildman–Crippen LogP) is 2.67. The van der Waals surface area contributed by atoms with Crippen LogP contribution in [0.4, 0.5) is 4.79 Å². The van der Waals surface area contributed by atoms with E-state index in [0.29, 0.717) is 38.8 Å². The van der Waals surface area contributed by atoms with E-state index in [0.717, 1.165) is 22.3 Å². The first-order valence-corrected chi connectivity index (χ1v) is 13.5. The van der Waals surface area contributed by atoms with Crippen molar-refractivity contribution in [3.8, 4) is 11.1 Å². The molecule has 38 heavy (non-hydrogen) atoms. The van der Waals surface area contributed by atoms with Gasteiger partial charge in [-0.05, 0) is 79.8 Å². The van der Waals surface area contributed by atoms with E-state index in [9.17, 15) is 14.4 Å². The van der Waals surface area contributed by atoms with Crippen molar-refractivity contribution in [3.63, 3.8) is 0 Å². The molecule has 1 saturated heterocycles. The fourth-order valence-electron chi connectivity index (χ4n) is 5.82. The Morgan fingerprint density at radius 3 is 2.11 bits per heavy atom. The van der Waals surface area contributed by atoms with Crippen molar-refractivity contribution in [2.24, 2.45) is 23.3 Å². The van der Waals surface area contributed by atoms with E-state index < -0.39 is 30.1 Å². The molecule has 1 fully saturated rings. The summed E-state index contributed by atoms with van der Waals surface area (Å²) in [6, 6.07) is 14.5. The summed E-state index contributed by atoms with van der Waals surface area (Å²) in [6.07, 6.45) is 1.69. The first-order valence-electron chi connectivity index (χ1n) is 13.5. The van der Waals surface area contributed by atoms with E-state index in [4.69, 9.17) is 20.9 Å². The molecule has 4 unspecified atom stereocenters. The standard InChI is InChI=1S/C29H38N4O5/c1-2-37-28(35)26-19(14-16-31)12-11-18(13-15-30)25(27(34)32-26)33-29(36)38-17-24-22-9-5-3-7-20(22)21-8-4-6-10-23(21)24/h3-10,18-19,24-26H,2,11-17,30-31H2,1H3,(H,32,34)(H,33,36). The second kappa shape index (κ2) is 12.9. The Kier molecular flexibility index (Phi) is 9.36. The molecule has 4 atom stereocenters. The maximum absolute atomic E-state index is 13.4. The molecule has 2 aromatic rings. The molecule has 204 valence electrons. The first-order chi connectivity index (χ1) is 18.5. The number of hydrogen-bond donors (Lipinski definition) is 4. The quantitative estimate of drug-likeness (QED) is 0.370. The summed E-state index contributed by atoms with van der Waals surface area (Å²) in [7, 11) is 0. The maximum atomic E-state index is 13.4. The van der Waals surface area contributed by atoms with Gasteiger partial charge in [-0.25, -0.2) is 9.59 Å². The Morgan fingerprint density at radius 2 is 1.50 bits per heavy atom. The smallest absolute Gasteiger partial charge is 0.407 e. The van der Waals surface area contributed by atoms with Gasteiger partial charge in [-0.1, -0.05) is 48.5 Å². The molecule has 6 N–H and O–H groups in total. The second-order valence-electron chi connectivity index (χ2n) is 9.94. The molecule has 2 aromatic carbocycles. The Labute approximate surface area is 223 Å². The van der Waals surface area contributed by atoms with Gasteiger partial charge in [0.25, 0.3) is 0 Å². The molecule has 2 aliphatic rings. The van der Waals surface area contributed by atoms with Crippen molar-refractivity contribution < 1.29 is 23.9 Å². The number of hydrogen-bond acceptors (Lipinski definition) is 7. The summed E-state index contributed by atoms with van der Waals surface area (Å²) < 4.78 is 10.9. The highest BCUT2D eigenvalue weighted by Gasteiger charge is 2.39. The van der Waals surface area contributed by atoms with Gasteiger partial charge in [0.15, 0.2) is 0 Å². The Morgan fingerprint density at radius 1 is 0.921 bits per heavy atom. The normalized spacial score (nSPS) is 22.9. The zero-order valence-electron chi connectivity index (χ0n) is 21.9. The van der Waals surface area contributed by atoms with E-state index in [-0.39, 0.29) is 31.0 Å². The number of amides is 2. The third kappa shape index (κ3) is 6.00. The van der Waals surface area contributed by atoms with Crippen LogP contribution in [0, 0.1) is 11.8 Å². The number of carbonyl (C=O) groups excluding carboxylic acids is 3. The lowest BCUT2D eigenvalue weighted by atomic mass is 9.81. The van der Waals surface area contributed by atoms with Crippen LogP contribution in [0.2, 0.25) is 0 Å². The minimum atomic E-state index is -0.884. The topological polar surface area (TPSA) is 146 Å². The van der Waals surface area contributed by atoms with Crippen molar-refractivity contribution >= 4 is 18.0 Å². The minimum absolute atomic E-state index is 0.0932. The van der Waals surface area contributed by atoms with Crippen LogP contribution < -0.4 is 22.1 Å². The Bertz CT molecular complexity index is 1090. The van der Waals surface area contributed by atoms with Gasteiger partial charge >= 0.3 is 12.1 Å². The van der Waals surface area contributed by atoms with Gasteiger partial charge in [0.1, 0.15) is 18.7 Å². The number of nitrogens with one attached hydrogen (secondary N) is 2. The molecule has 1 aliphatic heterocycles. The number of benzene rings is 2. The fourth-order valence-corrected chi connectivity index (χ4v) is 5.82. The molecule has 0 aromatic heterocycles. The maximum Gasteiger partial charge on any atom is 0.407 e. The van der Waals surface area contributed by atoms with Gasteiger partial charge in [-0.2, -0.15) is 0 Å². The third-order valence-corrected chi connectivity index (χ3v) is 7.66. The van der Waals surface area contributed by atoms with Crippen LogP contribution in [0.25, 0.3) is 11.1 Å². The number of alkyl carbamates (subject to hydrolysis) is 1. The highest BCUT2D eigenvalue weighted by Crippen LogP contribution is 2.44. The number of carbonyl (C=O) groups is 3. The molecule has 0 radical (unpaired) electrons. The summed E-state index contributed by atoms with van der Waals surface area (Å²) in [6.45, 7) is 2.82. The molecule has 9 heteroatoms. The molecule has 0 spiro atoms. The highest BCUT2D eigenvalue weighted by molar-refractivity contribution is 5.90. The lowest BCUT2D eigenvalue weighted by Crippen LogP contribution is -2.58. The lowest BCUT2D eigenvalue weighted by molar-refractivity contribution is -0.150. The van der Waals surface area contributed by atoms with Crippen molar-refractivity contribution in [1.82, 2.24) is 10.6 Å². The van der Waals surface area contributed by atoms with Crippen LogP contribution in [0.15, 0.2) is 48.5 Å². The average molecular weight is 523 g/mol. The molecule has 4 rings (SSSR count). The van der Waals surface area contributed by atoms with Crippen LogP contribution in [0.3, 0.4) is 0 Å². The largest absolute Gasteiger partial charge is 0.464 e. The van der Waals surface area contributed by atoms with Gasteiger partial charge in [0.05, 0.1) is 6.61 Å². The number of fused-ring (bicyclic) bond motifs is 3. The van der Waals surface area contributed by atoms with Gasteiger partial charge in [0.2, 0.25) is 5.91 Å². The molecule has 2 amide bonds. The molecular formula is C29H38N4O5. The SMILES string of the molecule is CCOC(=O)C1NC(=O)C(NC(=O)OCC2c3ccccc3-c3ccccc32)C(CCN)CCC1CCN. The van der Waals surface area contributed by atoms with E-state index in [1.165, 1.54) is 0 Å². The number of nitrogens with two attached hydrogens (primary N) is 2. The second-order valence-corrected chi connectivity index (χ2v) is 9.94. The monoisotopic (exact) mass is 522 g/mol. The van der Waals surface area contributed by atoms with Gasteiger partial charge in [0, 0.05) is 5.92 Å². The number of esters is 1. The lowest BCUT2D eigenvalue weighted by Gasteiger charge is -2.35. The summed E-state index contributed by atoms with van der Waals surface area (Å²) in [5.41, 5.74) is 16.1. The minimum Gasteiger partial charge on any atom is -0.464 e. The zero-order chi connectivity index (χ0) is 27.1. The average Bonchev–Trinajstić information content (AvgIpc) is 3.24. The number of ether oxygens (including phenoxy) is 2. The summed E-state index contributed by atoms with van der Waals surface area (Å²) in [5, 5.41) is 5.60. The van der Waals surface area contributed by atoms with Gasteiger partial charge in [-0.15, -0.1) is 0 Å². The molecule has 0 bridgehead atoms.